The molecule has 2 aliphatic rings. The number of hydrogen-bond acceptors (Lipinski definition) is 3. The number of halogens is 8. The minimum atomic E-state index is -1.89. The highest BCUT2D eigenvalue weighted by Gasteiger charge is 2.48. The molecule has 2 aromatic carbocycles. The largest absolute Gasteiger partial charge is 0.349 e. The van der Waals surface area contributed by atoms with Gasteiger partial charge in [-0.05, 0) is 25.7 Å². The average Bonchev–Trinajstić information content (AvgIpc) is 2.83. The van der Waals surface area contributed by atoms with Crippen molar-refractivity contribution in [3.8, 4) is 0 Å². The summed E-state index contributed by atoms with van der Waals surface area (Å²) in [5.41, 5.74) is -1.94. The standard InChI is InChI=1S/C24H22F8O3/c25-15-9-16(26)20(30)13(19(15)29)11-23(5-1-3-7-33-23)35-24(6-2-4-8-34-24)12-14-21(31)17(27)10-18(28)22(14)32/h9-10H,1-8,11-12H2. The van der Waals surface area contributed by atoms with Gasteiger partial charge in [-0.3, -0.25) is 0 Å². The maximum atomic E-state index is 14.5. The van der Waals surface area contributed by atoms with E-state index in [1.165, 1.54) is 0 Å². The molecule has 0 radical (unpaired) electrons. The van der Waals surface area contributed by atoms with Crippen LogP contribution in [0.3, 0.4) is 0 Å². The molecule has 0 saturated carbocycles. The first-order valence-corrected chi connectivity index (χ1v) is 11.2. The van der Waals surface area contributed by atoms with Crippen LogP contribution in [0, 0.1) is 46.5 Å². The van der Waals surface area contributed by atoms with Crippen LogP contribution in [0.4, 0.5) is 35.1 Å². The normalized spacial score (nSPS) is 25.1. The van der Waals surface area contributed by atoms with Crippen LogP contribution in [-0.4, -0.2) is 24.8 Å². The zero-order valence-corrected chi connectivity index (χ0v) is 18.5. The van der Waals surface area contributed by atoms with Crippen LogP contribution in [0.5, 0.6) is 0 Å². The molecule has 2 fully saturated rings. The first-order chi connectivity index (χ1) is 16.6. The van der Waals surface area contributed by atoms with Crippen LogP contribution in [0.15, 0.2) is 12.1 Å². The molecular weight excluding hydrogens is 488 g/mol. The highest BCUT2D eigenvalue weighted by atomic mass is 19.2. The lowest BCUT2D eigenvalue weighted by atomic mass is 9.92. The van der Waals surface area contributed by atoms with Crippen molar-refractivity contribution in [1.82, 2.24) is 0 Å². The van der Waals surface area contributed by atoms with E-state index in [-0.39, 0.29) is 38.2 Å². The molecule has 0 amide bonds. The van der Waals surface area contributed by atoms with Crippen LogP contribution in [0.1, 0.15) is 49.7 Å². The van der Waals surface area contributed by atoms with Gasteiger partial charge in [-0.15, -0.1) is 0 Å². The SMILES string of the molecule is Fc1cc(F)c(F)c(CC2(OC3(Cc4c(F)c(F)cc(F)c4F)CCCCO3)CCCCO2)c1F. The second kappa shape index (κ2) is 10.0. The lowest BCUT2D eigenvalue weighted by Gasteiger charge is -2.47. The van der Waals surface area contributed by atoms with Crippen LogP contribution < -0.4 is 0 Å². The molecule has 2 aliphatic heterocycles. The molecule has 0 aliphatic carbocycles. The molecule has 2 aromatic rings. The Kier molecular flexibility index (Phi) is 7.40. The Hall–Kier alpha value is -2.24. The Morgan fingerprint density at radius 2 is 0.914 bits per heavy atom. The van der Waals surface area contributed by atoms with Gasteiger partial charge in [0.15, 0.2) is 58.1 Å². The summed E-state index contributed by atoms with van der Waals surface area (Å²) in [4.78, 5) is 0. The summed E-state index contributed by atoms with van der Waals surface area (Å²) in [6.45, 7) is 0.100. The Bertz CT molecular complexity index is 957. The molecular formula is C24H22F8O3. The van der Waals surface area contributed by atoms with E-state index >= 15 is 0 Å². The van der Waals surface area contributed by atoms with Crippen molar-refractivity contribution in [3.63, 3.8) is 0 Å². The number of rotatable bonds is 6. The number of ether oxygens (including phenoxy) is 3. The third-order valence-corrected chi connectivity index (χ3v) is 6.30. The van der Waals surface area contributed by atoms with Gasteiger partial charge in [0.1, 0.15) is 0 Å². The Balaban J connectivity index is 1.75. The van der Waals surface area contributed by atoms with Crippen LogP contribution >= 0.6 is 0 Å². The van der Waals surface area contributed by atoms with Crippen LogP contribution in [-0.2, 0) is 27.1 Å². The zero-order valence-electron chi connectivity index (χ0n) is 18.5. The number of hydrogen-bond donors (Lipinski definition) is 0. The zero-order chi connectivity index (χ0) is 25.4. The molecule has 4 rings (SSSR count). The van der Waals surface area contributed by atoms with Crippen molar-refractivity contribution in [2.24, 2.45) is 0 Å². The van der Waals surface area contributed by atoms with Gasteiger partial charge in [-0.2, -0.15) is 0 Å². The van der Waals surface area contributed by atoms with Crippen molar-refractivity contribution in [2.45, 2.75) is 62.9 Å². The first-order valence-electron chi connectivity index (χ1n) is 11.2. The predicted octanol–water partition coefficient (Wildman–Crippen LogP) is 6.39. The molecule has 35 heavy (non-hydrogen) atoms. The Labute approximate surface area is 196 Å². The average molecular weight is 510 g/mol. The topological polar surface area (TPSA) is 27.7 Å². The Morgan fingerprint density at radius 1 is 0.571 bits per heavy atom. The quantitative estimate of drug-likeness (QED) is 0.333. The van der Waals surface area contributed by atoms with E-state index in [4.69, 9.17) is 14.2 Å². The summed E-state index contributed by atoms with van der Waals surface area (Å²) >= 11 is 0. The maximum Gasteiger partial charge on any atom is 0.175 e. The molecule has 11 heteroatoms. The van der Waals surface area contributed by atoms with Gasteiger partial charge in [-0.1, -0.05) is 0 Å². The van der Waals surface area contributed by atoms with Gasteiger partial charge >= 0.3 is 0 Å². The van der Waals surface area contributed by atoms with Gasteiger partial charge in [-0.25, -0.2) is 35.1 Å². The lowest BCUT2D eigenvalue weighted by Crippen LogP contribution is -2.53. The van der Waals surface area contributed by atoms with Crippen molar-refractivity contribution >= 4 is 0 Å². The van der Waals surface area contributed by atoms with Crippen LogP contribution in [0.25, 0.3) is 0 Å². The molecule has 2 heterocycles. The van der Waals surface area contributed by atoms with E-state index in [1.54, 1.807) is 0 Å². The maximum absolute atomic E-state index is 14.5. The smallest absolute Gasteiger partial charge is 0.175 e. The predicted molar refractivity (Wildman–Crippen MR) is 106 cm³/mol. The highest BCUT2D eigenvalue weighted by Crippen LogP contribution is 2.41. The summed E-state index contributed by atoms with van der Waals surface area (Å²) in [7, 11) is 0. The Morgan fingerprint density at radius 3 is 1.20 bits per heavy atom. The van der Waals surface area contributed by atoms with E-state index in [0.717, 1.165) is 0 Å². The van der Waals surface area contributed by atoms with E-state index in [0.29, 0.717) is 25.7 Å². The van der Waals surface area contributed by atoms with Gasteiger partial charge < -0.3 is 14.2 Å². The van der Waals surface area contributed by atoms with Gasteiger partial charge in [0.05, 0.1) is 13.2 Å². The molecule has 0 bridgehead atoms. The summed E-state index contributed by atoms with van der Waals surface area (Å²) in [5, 5.41) is 0. The monoisotopic (exact) mass is 510 g/mol. The molecule has 3 nitrogen and oxygen atoms in total. The van der Waals surface area contributed by atoms with Crippen molar-refractivity contribution in [1.29, 1.82) is 0 Å². The van der Waals surface area contributed by atoms with Crippen LogP contribution in [0.2, 0.25) is 0 Å². The molecule has 192 valence electrons. The second-order valence-corrected chi connectivity index (χ2v) is 8.78. The molecule has 2 atom stereocenters. The summed E-state index contributed by atoms with van der Waals surface area (Å²) in [6, 6.07) is 0.137. The molecule has 0 N–H and O–H groups in total. The third kappa shape index (κ3) is 5.17. The fourth-order valence-electron chi connectivity index (χ4n) is 4.60. The van der Waals surface area contributed by atoms with Crippen molar-refractivity contribution in [2.75, 3.05) is 13.2 Å². The fraction of sp³-hybridized carbons (Fsp3) is 0.500. The highest BCUT2D eigenvalue weighted by molar-refractivity contribution is 5.26. The van der Waals surface area contributed by atoms with Gasteiger partial charge in [0.2, 0.25) is 0 Å². The molecule has 0 aromatic heterocycles. The third-order valence-electron chi connectivity index (χ3n) is 6.30. The minimum absolute atomic E-state index is 0.00238. The molecule has 0 spiro atoms. The van der Waals surface area contributed by atoms with E-state index in [2.05, 4.69) is 0 Å². The molecule has 2 unspecified atom stereocenters. The summed E-state index contributed by atoms with van der Waals surface area (Å²) < 4.78 is 131. The fourth-order valence-corrected chi connectivity index (χ4v) is 4.60. The summed E-state index contributed by atoms with van der Waals surface area (Å²) in [6.07, 6.45) is 0.359. The minimum Gasteiger partial charge on any atom is -0.349 e. The second-order valence-electron chi connectivity index (χ2n) is 8.78. The number of benzene rings is 2. The van der Waals surface area contributed by atoms with Gasteiger partial charge in [0, 0.05) is 48.9 Å². The first kappa shape index (κ1) is 25.8. The van der Waals surface area contributed by atoms with E-state index in [1.807, 2.05) is 0 Å². The molecule has 2 saturated heterocycles. The lowest BCUT2D eigenvalue weighted by molar-refractivity contribution is -0.376. The van der Waals surface area contributed by atoms with Gasteiger partial charge in [0.25, 0.3) is 0 Å². The summed E-state index contributed by atoms with van der Waals surface area (Å²) in [5.74, 6) is -16.8. The van der Waals surface area contributed by atoms with Crippen molar-refractivity contribution in [3.05, 3.63) is 69.8 Å². The van der Waals surface area contributed by atoms with E-state index < -0.39 is 82.1 Å². The van der Waals surface area contributed by atoms with E-state index in [9.17, 15) is 35.1 Å². The van der Waals surface area contributed by atoms with Crippen molar-refractivity contribution < 1.29 is 49.3 Å².